The van der Waals surface area contributed by atoms with Crippen molar-refractivity contribution in [3.63, 3.8) is 0 Å². The second-order valence-corrected chi connectivity index (χ2v) is 6.65. The fraction of sp³-hybridized carbons (Fsp3) is 0.227. The summed E-state index contributed by atoms with van der Waals surface area (Å²) in [6, 6.07) is 11.1. The molecule has 0 spiro atoms. The normalized spacial score (nSPS) is 11.1. The van der Waals surface area contributed by atoms with Crippen molar-refractivity contribution in [2.75, 3.05) is 20.8 Å². The van der Waals surface area contributed by atoms with E-state index in [-0.39, 0.29) is 0 Å². The molecule has 1 heterocycles. The lowest BCUT2D eigenvalue weighted by molar-refractivity contribution is -0.137. The minimum absolute atomic E-state index is 0.339. The van der Waals surface area contributed by atoms with Gasteiger partial charge in [0.25, 0.3) is 0 Å². The summed E-state index contributed by atoms with van der Waals surface area (Å²) in [5.74, 6) is 0.947. The molecule has 3 aromatic rings. The fourth-order valence-corrected chi connectivity index (χ4v) is 3.14. The number of aryl methyl sites for hydroxylation is 1. The number of H-pyrrole nitrogens is 1. The zero-order chi connectivity index (χ0) is 19.9. The third-order valence-corrected chi connectivity index (χ3v) is 4.64. The summed E-state index contributed by atoms with van der Waals surface area (Å²) in [5, 5.41) is 1.81. The Hall–Kier alpha value is -2.92. The van der Waals surface area contributed by atoms with Crippen molar-refractivity contribution in [2.45, 2.75) is 12.8 Å². The third-order valence-electron chi connectivity index (χ3n) is 4.40. The number of aromatic nitrogens is 1. The van der Waals surface area contributed by atoms with Crippen molar-refractivity contribution < 1.29 is 19.0 Å². The summed E-state index contributed by atoms with van der Waals surface area (Å²) in [4.78, 5) is 15.2. The predicted molar refractivity (Wildman–Crippen MR) is 111 cm³/mol. The Balaban J connectivity index is 1.52. The molecule has 1 aromatic heterocycles. The van der Waals surface area contributed by atoms with Crippen molar-refractivity contribution in [1.29, 1.82) is 0 Å². The second kappa shape index (κ2) is 9.33. The minimum Gasteiger partial charge on any atom is -0.497 e. The highest BCUT2D eigenvalue weighted by atomic mass is 35.5. The Labute approximate surface area is 168 Å². The number of benzene rings is 2. The zero-order valence-corrected chi connectivity index (χ0v) is 16.6. The summed E-state index contributed by atoms with van der Waals surface area (Å²) < 4.78 is 15.8. The van der Waals surface area contributed by atoms with Crippen molar-refractivity contribution in [1.82, 2.24) is 4.98 Å². The van der Waals surface area contributed by atoms with Gasteiger partial charge in [-0.1, -0.05) is 11.6 Å². The summed E-state index contributed by atoms with van der Waals surface area (Å²) in [7, 11) is 3.17. The first-order chi connectivity index (χ1) is 13.6. The van der Waals surface area contributed by atoms with E-state index < -0.39 is 5.97 Å². The molecule has 0 radical (unpaired) electrons. The molecule has 0 aliphatic heterocycles. The summed E-state index contributed by atoms with van der Waals surface area (Å²) >= 11 is 6.07. The summed E-state index contributed by atoms with van der Waals surface area (Å²) in [6.45, 7) is 0.339. The molecule has 5 nitrogen and oxygen atoms in total. The number of aromatic amines is 1. The summed E-state index contributed by atoms with van der Waals surface area (Å²) in [5.41, 5.74) is 2.95. The molecule has 0 atom stereocenters. The molecule has 0 saturated heterocycles. The van der Waals surface area contributed by atoms with Crippen LogP contribution in [0.4, 0.5) is 0 Å². The molecule has 0 bridgehead atoms. The van der Waals surface area contributed by atoms with Gasteiger partial charge in [0.15, 0.2) is 0 Å². The first-order valence-electron chi connectivity index (χ1n) is 8.93. The van der Waals surface area contributed by atoms with Crippen LogP contribution in [-0.2, 0) is 16.0 Å². The second-order valence-electron chi connectivity index (χ2n) is 6.22. The van der Waals surface area contributed by atoms with Crippen LogP contribution in [-0.4, -0.2) is 31.8 Å². The average Bonchev–Trinajstić information content (AvgIpc) is 3.11. The predicted octanol–water partition coefficient (Wildman–Crippen LogP) is 5.03. The minimum atomic E-state index is -0.396. The number of carbonyl (C=O) groups is 1. The van der Waals surface area contributed by atoms with Crippen LogP contribution in [0.2, 0.25) is 5.02 Å². The first kappa shape index (κ1) is 19.8. The van der Waals surface area contributed by atoms with Crippen molar-refractivity contribution in [3.05, 3.63) is 64.8 Å². The van der Waals surface area contributed by atoms with E-state index in [0.29, 0.717) is 23.1 Å². The topological polar surface area (TPSA) is 60.6 Å². The average molecular weight is 400 g/mol. The van der Waals surface area contributed by atoms with Crippen LogP contribution in [0.5, 0.6) is 11.5 Å². The van der Waals surface area contributed by atoms with Crippen LogP contribution < -0.4 is 9.47 Å². The Morgan fingerprint density at radius 1 is 1.14 bits per heavy atom. The maximum atomic E-state index is 12.0. The molecular formula is C22H22ClNO4. The van der Waals surface area contributed by atoms with E-state index in [1.807, 2.05) is 24.4 Å². The monoisotopic (exact) mass is 399 g/mol. The molecule has 3 rings (SSSR count). The number of rotatable bonds is 8. The largest absolute Gasteiger partial charge is 0.497 e. The highest BCUT2D eigenvalue weighted by Crippen LogP contribution is 2.25. The van der Waals surface area contributed by atoms with E-state index in [9.17, 15) is 4.79 Å². The Morgan fingerprint density at radius 3 is 2.79 bits per heavy atom. The molecule has 146 valence electrons. The standard InChI is InChI=1S/C22H22ClNO4/c1-26-18-7-9-21(27-2)15(12-18)5-10-22(25)28-11-3-4-16-14-24-20-8-6-17(23)13-19(16)20/h5-10,12-14,24H,3-4,11H2,1-2H3/b10-5+. The van der Waals surface area contributed by atoms with Gasteiger partial charge in [-0.15, -0.1) is 0 Å². The van der Waals surface area contributed by atoms with Crippen LogP contribution in [0.15, 0.2) is 48.7 Å². The fourth-order valence-electron chi connectivity index (χ4n) is 2.97. The van der Waals surface area contributed by atoms with E-state index in [1.54, 1.807) is 38.5 Å². The molecule has 0 unspecified atom stereocenters. The van der Waals surface area contributed by atoms with E-state index in [4.69, 9.17) is 25.8 Å². The first-order valence-corrected chi connectivity index (χ1v) is 9.31. The molecule has 28 heavy (non-hydrogen) atoms. The van der Waals surface area contributed by atoms with Gasteiger partial charge in [0.05, 0.1) is 20.8 Å². The molecule has 6 heteroatoms. The number of esters is 1. The summed E-state index contributed by atoms with van der Waals surface area (Å²) in [6.07, 6.45) is 6.54. The smallest absolute Gasteiger partial charge is 0.330 e. The SMILES string of the molecule is COc1ccc(OC)c(/C=C/C(=O)OCCCc2c[nH]c3ccc(Cl)cc23)c1. The molecule has 2 aromatic carbocycles. The van der Waals surface area contributed by atoms with E-state index >= 15 is 0 Å². The molecular weight excluding hydrogens is 378 g/mol. The van der Waals surface area contributed by atoms with Gasteiger partial charge in [0, 0.05) is 33.8 Å². The van der Waals surface area contributed by atoms with Gasteiger partial charge in [-0.05, 0) is 60.9 Å². The highest BCUT2D eigenvalue weighted by molar-refractivity contribution is 6.31. The number of halogens is 1. The van der Waals surface area contributed by atoms with Crippen LogP contribution in [0, 0.1) is 0 Å². The molecule has 0 saturated carbocycles. The molecule has 0 amide bonds. The Morgan fingerprint density at radius 2 is 2.00 bits per heavy atom. The molecule has 0 fully saturated rings. The quantitative estimate of drug-likeness (QED) is 0.328. The van der Waals surface area contributed by atoms with Crippen molar-refractivity contribution in [3.8, 4) is 11.5 Å². The molecule has 0 aliphatic rings. The number of nitrogens with one attached hydrogen (secondary N) is 1. The molecule has 0 aliphatic carbocycles. The van der Waals surface area contributed by atoms with Crippen molar-refractivity contribution >= 4 is 34.5 Å². The van der Waals surface area contributed by atoms with E-state index in [1.165, 1.54) is 6.08 Å². The Kier molecular flexibility index (Phi) is 6.61. The maximum Gasteiger partial charge on any atom is 0.330 e. The van der Waals surface area contributed by atoms with E-state index in [0.717, 1.165) is 34.9 Å². The number of methoxy groups -OCH3 is 2. The highest BCUT2D eigenvalue weighted by Gasteiger charge is 2.06. The lowest BCUT2D eigenvalue weighted by atomic mass is 10.1. The maximum absolute atomic E-state index is 12.0. The van der Waals surface area contributed by atoms with Crippen LogP contribution in [0.25, 0.3) is 17.0 Å². The van der Waals surface area contributed by atoms with Crippen LogP contribution >= 0.6 is 11.6 Å². The van der Waals surface area contributed by atoms with E-state index in [2.05, 4.69) is 4.98 Å². The van der Waals surface area contributed by atoms with Crippen LogP contribution in [0.1, 0.15) is 17.5 Å². The Bertz CT molecular complexity index is 993. The van der Waals surface area contributed by atoms with Gasteiger partial charge in [-0.25, -0.2) is 4.79 Å². The number of carbonyl (C=O) groups excluding carboxylic acids is 1. The number of hydrogen-bond acceptors (Lipinski definition) is 4. The number of hydrogen-bond donors (Lipinski definition) is 1. The van der Waals surface area contributed by atoms with Gasteiger partial charge in [-0.2, -0.15) is 0 Å². The third kappa shape index (κ3) is 4.87. The van der Waals surface area contributed by atoms with Gasteiger partial charge < -0.3 is 19.2 Å². The van der Waals surface area contributed by atoms with Crippen molar-refractivity contribution in [2.24, 2.45) is 0 Å². The van der Waals surface area contributed by atoms with Crippen LogP contribution in [0.3, 0.4) is 0 Å². The van der Waals surface area contributed by atoms with Gasteiger partial charge in [0.2, 0.25) is 0 Å². The lowest BCUT2D eigenvalue weighted by Gasteiger charge is -2.07. The zero-order valence-electron chi connectivity index (χ0n) is 15.8. The van der Waals surface area contributed by atoms with Gasteiger partial charge in [0.1, 0.15) is 11.5 Å². The molecule has 1 N–H and O–H groups in total. The number of fused-ring (bicyclic) bond motifs is 1. The van der Waals surface area contributed by atoms with Gasteiger partial charge in [-0.3, -0.25) is 0 Å². The van der Waals surface area contributed by atoms with Gasteiger partial charge >= 0.3 is 5.97 Å². The number of ether oxygens (including phenoxy) is 3. The lowest BCUT2D eigenvalue weighted by Crippen LogP contribution is -2.03.